The van der Waals surface area contributed by atoms with E-state index in [2.05, 4.69) is 10.2 Å². The summed E-state index contributed by atoms with van der Waals surface area (Å²) in [6.07, 6.45) is 1.31. The lowest BCUT2D eigenvalue weighted by Gasteiger charge is -2.11. The van der Waals surface area contributed by atoms with Crippen LogP contribution in [0, 0.1) is 5.95 Å². The summed E-state index contributed by atoms with van der Waals surface area (Å²) in [6.45, 7) is 0. The summed E-state index contributed by atoms with van der Waals surface area (Å²) < 4.78 is 19.5. The van der Waals surface area contributed by atoms with Gasteiger partial charge < -0.3 is 9.84 Å². The van der Waals surface area contributed by atoms with Crippen LogP contribution in [0.15, 0.2) is 66.9 Å². The van der Waals surface area contributed by atoms with Gasteiger partial charge in [-0.2, -0.15) is 9.49 Å². The van der Waals surface area contributed by atoms with Crippen LogP contribution in [-0.2, 0) is 0 Å². The van der Waals surface area contributed by atoms with Crippen molar-refractivity contribution in [1.29, 1.82) is 0 Å². The second kappa shape index (κ2) is 6.33. The smallest absolute Gasteiger partial charge is 0.339 e. The third kappa shape index (κ3) is 2.88. The Morgan fingerprint density at radius 3 is 2.58 bits per heavy atom. The first-order chi connectivity index (χ1) is 12.6. The highest BCUT2D eigenvalue weighted by atomic mass is 19.1. The zero-order valence-electron chi connectivity index (χ0n) is 13.4. The third-order valence-corrected chi connectivity index (χ3v) is 4.06. The van der Waals surface area contributed by atoms with Crippen LogP contribution in [0.1, 0.15) is 10.4 Å². The molecule has 0 spiro atoms. The molecule has 0 bridgehead atoms. The SMILES string of the molecule is O=C(O)c1cc(-c2cn[nH]c2F)ccc1Oc1ccc2ccccc2c1. The molecule has 0 radical (unpaired) electrons. The van der Waals surface area contributed by atoms with Gasteiger partial charge in [-0.3, -0.25) is 5.10 Å². The van der Waals surface area contributed by atoms with E-state index in [0.29, 0.717) is 11.3 Å². The molecule has 26 heavy (non-hydrogen) atoms. The molecule has 0 aliphatic carbocycles. The minimum absolute atomic E-state index is 0.0590. The van der Waals surface area contributed by atoms with E-state index in [0.717, 1.165) is 10.8 Å². The molecule has 128 valence electrons. The van der Waals surface area contributed by atoms with E-state index < -0.39 is 11.9 Å². The Morgan fingerprint density at radius 2 is 1.85 bits per heavy atom. The number of aromatic nitrogens is 2. The Bertz CT molecular complexity index is 1120. The van der Waals surface area contributed by atoms with Crippen LogP contribution in [0.5, 0.6) is 11.5 Å². The number of ether oxygens (including phenoxy) is 1. The van der Waals surface area contributed by atoms with E-state index in [1.807, 2.05) is 36.4 Å². The van der Waals surface area contributed by atoms with E-state index in [1.165, 1.54) is 18.3 Å². The minimum Gasteiger partial charge on any atom is -0.478 e. The number of benzene rings is 3. The van der Waals surface area contributed by atoms with Gasteiger partial charge in [0.05, 0.1) is 11.8 Å². The Morgan fingerprint density at radius 1 is 1.04 bits per heavy atom. The number of nitrogens with one attached hydrogen (secondary N) is 1. The summed E-state index contributed by atoms with van der Waals surface area (Å²) in [5, 5.41) is 17.4. The van der Waals surface area contributed by atoms with Gasteiger partial charge in [0.15, 0.2) is 0 Å². The number of hydrogen-bond donors (Lipinski definition) is 2. The fraction of sp³-hybridized carbons (Fsp3) is 0. The monoisotopic (exact) mass is 348 g/mol. The number of hydrogen-bond acceptors (Lipinski definition) is 3. The molecule has 1 heterocycles. The quantitative estimate of drug-likeness (QED) is 0.552. The van der Waals surface area contributed by atoms with Crippen LogP contribution in [0.4, 0.5) is 4.39 Å². The highest BCUT2D eigenvalue weighted by Crippen LogP contribution is 2.32. The van der Waals surface area contributed by atoms with E-state index in [4.69, 9.17) is 4.74 Å². The molecule has 0 amide bonds. The lowest BCUT2D eigenvalue weighted by atomic mass is 10.0. The van der Waals surface area contributed by atoms with Crippen LogP contribution in [0.2, 0.25) is 0 Å². The van der Waals surface area contributed by atoms with Crippen molar-refractivity contribution in [1.82, 2.24) is 10.2 Å². The summed E-state index contributed by atoms with van der Waals surface area (Å²) in [4.78, 5) is 11.6. The topological polar surface area (TPSA) is 75.2 Å². The fourth-order valence-electron chi connectivity index (χ4n) is 2.78. The van der Waals surface area contributed by atoms with Gasteiger partial charge in [-0.15, -0.1) is 0 Å². The molecular weight excluding hydrogens is 335 g/mol. The van der Waals surface area contributed by atoms with Crippen molar-refractivity contribution in [3.63, 3.8) is 0 Å². The highest BCUT2D eigenvalue weighted by molar-refractivity contribution is 5.93. The van der Waals surface area contributed by atoms with Crippen molar-refractivity contribution in [3.05, 3.63) is 78.4 Å². The first-order valence-corrected chi connectivity index (χ1v) is 7.85. The summed E-state index contributed by atoms with van der Waals surface area (Å²) in [5.41, 5.74) is 0.542. The number of nitrogens with zero attached hydrogens (tertiary/aromatic N) is 1. The van der Waals surface area contributed by atoms with Crippen LogP contribution in [-0.4, -0.2) is 21.3 Å². The Labute approximate surface area is 147 Å². The van der Waals surface area contributed by atoms with Crippen molar-refractivity contribution < 1.29 is 19.0 Å². The number of carboxylic acid groups (broad SMARTS) is 1. The molecule has 0 unspecified atom stereocenters. The van der Waals surface area contributed by atoms with Crippen molar-refractivity contribution in [2.45, 2.75) is 0 Å². The molecule has 0 saturated carbocycles. The minimum atomic E-state index is -1.16. The van der Waals surface area contributed by atoms with Gasteiger partial charge in [0, 0.05) is 0 Å². The first-order valence-electron chi connectivity index (χ1n) is 7.85. The number of H-pyrrole nitrogens is 1. The average Bonchev–Trinajstić information content (AvgIpc) is 3.08. The number of halogens is 1. The summed E-state index contributed by atoms with van der Waals surface area (Å²) in [7, 11) is 0. The van der Waals surface area contributed by atoms with E-state index in [9.17, 15) is 14.3 Å². The van der Waals surface area contributed by atoms with Gasteiger partial charge in [0.2, 0.25) is 5.95 Å². The zero-order valence-corrected chi connectivity index (χ0v) is 13.4. The first kappa shape index (κ1) is 15.8. The van der Waals surface area contributed by atoms with Gasteiger partial charge in [0.25, 0.3) is 0 Å². The molecule has 1 aromatic heterocycles. The van der Waals surface area contributed by atoms with Crippen LogP contribution < -0.4 is 4.74 Å². The van der Waals surface area contributed by atoms with E-state index in [1.54, 1.807) is 12.1 Å². The maximum absolute atomic E-state index is 13.7. The second-order valence-corrected chi connectivity index (χ2v) is 5.72. The Balaban J connectivity index is 1.73. The molecule has 4 aromatic rings. The van der Waals surface area contributed by atoms with Crippen molar-refractivity contribution >= 4 is 16.7 Å². The number of fused-ring (bicyclic) bond motifs is 1. The maximum atomic E-state index is 13.7. The molecule has 0 aliphatic heterocycles. The number of aromatic amines is 1. The molecule has 2 N–H and O–H groups in total. The zero-order chi connectivity index (χ0) is 18.1. The second-order valence-electron chi connectivity index (χ2n) is 5.72. The fourth-order valence-corrected chi connectivity index (χ4v) is 2.78. The normalized spacial score (nSPS) is 10.8. The standard InChI is InChI=1S/C20H13FN2O3/c21-19-17(11-22-23-19)14-6-8-18(16(10-14)20(24)25)26-15-7-5-12-3-1-2-4-13(12)9-15/h1-11H,(H,22,23)(H,24,25). The molecular formula is C20H13FN2O3. The van der Waals surface area contributed by atoms with Crippen molar-refractivity contribution in [2.24, 2.45) is 0 Å². The van der Waals surface area contributed by atoms with Crippen molar-refractivity contribution in [3.8, 4) is 22.6 Å². The molecule has 4 rings (SSSR count). The predicted octanol–water partition coefficient (Wildman–Crippen LogP) is 4.86. The summed E-state index contributed by atoms with van der Waals surface area (Å²) >= 11 is 0. The summed E-state index contributed by atoms with van der Waals surface area (Å²) in [6, 6.07) is 17.8. The van der Waals surface area contributed by atoms with Crippen LogP contribution >= 0.6 is 0 Å². The van der Waals surface area contributed by atoms with Crippen molar-refractivity contribution in [2.75, 3.05) is 0 Å². The van der Waals surface area contributed by atoms with E-state index in [-0.39, 0.29) is 16.9 Å². The van der Waals surface area contributed by atoms with Crippen LogP contribution in [0.25, 0.3) is 21.9 Å². The van der Waals surface area contributed by atoms with Gasteiger partial charge in [-0.05, 0) is 40.6 Å². The van der Waals surface area contributed by atoms with Gasteiger partial charge >= 0.3 is 5.97 Å². The molecule has 0 atom stereocenters. The summed E-state index contributed by atoms with van der Waals surface area (Å²) in [5.74, 6) is -1.08. The Kier molecular flexibility index (Phi) is 3.85. The van der Waals surface area contributed by atoms with Gasteiger partial charge in [-0.1, -0.05) is 36.4 Å². The third-order valence-electron chi connectivity index (χ3n) is 4.06. The number of aromatic carboxylic acids is 1. The predicted molar refractivity (Wildman–Crippen MR) is 95.0 cm³/mol. The van der Waals surface area contributed by atoms with Gasteiger partial charge in [0.1, 0.15) is 17.1 Å². The molecule has 0 saturated heterocycles. The number of carbonyl (C=O) groups is 1. The lowest BCUT2D eigenvalue weighted by molar-refractivity contribution is 0.0694. The maximum Gasteiger partial charge on any atom is 0.339 e. The number of carboxylic acids is 1. The van der Waals surface area contributed by atoms with E-state index >= 15 is 0 Å². The largest absolute Gasteiger partial charge is 0.478 e. The highest BCUT2D eigenvalue weighted by Gasteiger charge is 2.16. The van der Waals surface area contributed by atoms with Gasteiger partial charge in [-0.25, -0.2) is 4.79 Å². The lowest BCUT2D eigenvalue weighted by Crippen LogP contribution is -2.00. The van der Waals surface area contributed by atoms with Crippen LogP contribution in [0.3, 0.4) is 0 Å². The molecule has 5 nitrogen and oxygen atoms in total. The number of rotatable bonds is 4. The Hall–Kier alpha value is -3.67. The molecule has 6 heteroatoms. The molecule has 3 aromatic carbocycles. The molecule has 0 fully saturated rings. The average molecular weight is 348 g/mol. The molecule has 0 aliphatic rings.